The molecule has 2 amide bonds. The van der Waals surface area contributed by atoms with Crippen LogP contribution < -0.4 is 10.6 Å². The van der Waals surface area contributed by atoms with Gasteiger partial charge in [-0.25, -0.2) is 0 Å². The van der Waals surface area contributed by atoms with Crippen LogP contribution in [-0.4, -0.2) is 29.1 Å². The molecule has 0 heterocycles. The number of carbonyl (C=O) groups excluding carboxylic acids is 2. The van der Waals surface area contributed by atoms with Crippen LogP contribution in [0.25, 0.3) is 10.8 Å². The molecular formula is C24H23ClN2O3. The van der Waals surface area contributed by atoms with E-state index in [1.54, 1.807) is 18.2 Å². The highest BCUT2D eigenvalue weighted by molar-refractivity contribution is 6.31. The Morgan fingerprint density at radius 1 is 0.900 bits per heavy atom. The van der Waals surface area contributed by atoms with Crippen molar-refractivity contribution in [2.24, 2.45) is 0 Å². The Bertz CT molecular complexity index is 1090. The number of hydrogen-bond acceptors (Lipinski definition) is 3. The van der Waals surface area contributed by atoms with Crippen molar-refractivity contribution in [3.8, 4) is 0 Å². The van der Waals surface area contributed by atoms with E-state index >= 15 is 0 Å². The van der Waals surface area contributed by atoms with Gasteiger partial charge in [-0.1, -0.05) is 60.8 Å². The summed E-state index contributed by atoms with van der Waals surface area (Å²) in [5.74, 6) is -0.669. The number of amides is 2. The number of rotatable bonds is 4. The standard InChI is InChI=1S/C24H23ClN2O3/c25-16-12-13-20(19(14-16)24(30)27-21-10-3-4-11-22(21)28)26-23(29)18-9-5-7-15-6-1-2-8-17(15)18/h1-2,5-9,12-14,21-22,28H,3-4,10-11H2,(H,26,29)(H,27,30). The second kappa shape index (κ2) is 8.86. The summed E-state index contributed by atoms with van der Waals surface area (Å²) in [6, 6.07) is 17.7. The van der Waals surface area contributed by atoms with Crippen LogP contribution in [0.5, 0.6) is 0 Å². The molecule has 0 saturated heterocycles. The van der Waals surface area contributed by atoms with Gasteiger partial charge in [0.15, 0.2) is 0 Å². The molecule has 2 unspecified atom stereocenters. The number of anilines is 1. The molecule has 3 aromatic carbocycles. The van der Waals surface area contributed by atoms with E-state index in [1.165, 1.54) is 6.07 Å². The highest BCUT2D eigenvalue weighted by atomic mass is 35.5. The van der Waals surface area contributed by atoms with E-state index in [0.29, 0.717) is 22.7 Å². The van der Waals surface area contributed by atoms with Crippen molar-refractivity contribution in [3.05, 3.63) is 76.8 Å². The van der Waals surface area contributed by atoms with Gasteiger partial charge < -0.3 is 15.7 Å². The zero-order valence-corrected chi connectivity index (χ0v) is 17.2. The Balaban J connectivity index is 1.60. The molecule has 0 aliphatic heterocycles. The van der Waals surface area contributed by atoms with Crippen LogP contribution in [0.4, 0.5) is 5.69 Å². The molecule has 4 rings (SSSR count). The van der Waals surface area contributed by atoms with E-state index in [9.17, 15) is 14.7 Å². The lowest BCUT2D eigenvalue weighted by Crippen LogP contribution is -2.45. The van der Waals surface area contributed by atoms with Gasteiger partial charge in [0.05, 0.1) is 23.4 Å². The third kappa shape index (κ3) is 4.32. The van der Waals surface area contributed by atoms with Gasteiger partial charge in [0.2, 0.25) is 0 Å². The average molecular weight is 423 g/mol. The smallest absolute Gasteiger partial charge is 0.256 e. The number of halogens is 1. The molecule has 0 aromatic heterocycles. The van der Waals surface area contributed by atoms with E-state index in [1.807, 2.05) is 36.4 Å². The van der Waals surface area contributed by atoms with Crippen molar-refractivity contribution >= 4 is 39.9 Å². The van der Waals surface area contributed by atoms with Crippen LogP contribution in [0.3, 0.4) is 0 Å². The molecule has 2 atom stereocenters. The number of nitrogens with one attached hydrogen (secondary N) is 2. The number of benzene rings is 3. The molecular weight excluding hydrogens is 400 g/mol. The SMILES string of the molecule is O=C(NC1CCCCC1O)c1cc(Cl)ccc1NC(=O)c1cccc2ccccc12. The highest BCUT2D eigenvalue weighted by Gasteiger charge is 2.26. The summed E-state index contributed by atoms with van der Waals surface area (Å²) in [7, 11) is 0. The molecule has 154 valence electrons. The van der Waals surface area contributed by atoms with E-state index in [-0.39, 0.29) is 23.4 Å². The molecule has 1 fully saturated rings. The monoisotopic (exact) mass is 422 g/mol. The van der Waals surface area contributed by atoms with Gasteiger partial charge in [-0.15, -0.1) is 0 Å². The predicted octanol–water partition coefficient (Wildman–Crippen LogP) is 4.78. The summed E-state index contributed by atoms with van der Waals surface area (Å²) < 4.78 is 0. The molecule has 3 aromatic rings. The zero-order chi connectivity index (χ0) is 21.1. The van der Waals surface area contributed by atoms with Crippen LogP contribution in [0.15, 0.2) is 60.7 Å². The van der Waals surface area contributed by atoms with Gasteiger partial charge in [-0.2, -0.15) is 0 Å². The maximum Gasteiger partial charge on any atom is 0.256 e. The van der Waals surface area contributed by atoms with Gasteiger partial charge in [0.25, 0.3) is 11.8 Å². The van der Waals surface area contributed by atoms with Crippen LogP contribution in [0.2, 0.25) is 5.02 Å². The summed E-state index contributed by atoms with van der Waals surface area (Å²) in [5, 5.41) is 18.1. The number of aliphatic hydroxyl groups is 1. The molecule has 5 nitrogen and oxygen atoms in total. The Morgan fingerprint density at radius 3 is 2.50 bits per heavy atom. The third-order valence-corrected chi connectivity index (χ3v) is 5.79. The topological polar surface area (TPSA) is 78.4 Å². The lowest BCUT2D eigenvalue weighted by atomic mass is 9.92. The fourth-order valence-corrected chi connectivity index (χ4v) is 4.12. The van der Waals surface area contributed by atoms with Crippen LogP contribution in [0, 0.1) is 0 Å². The zero-order valence-electron chi connectivity index (χ0n) is 16.4. The molecule has 3 N–H and O–H groups in total. The van der Waals surface area contributed by atoms with Crippen molar-refractivity contribution in [1.82, 2.24) is 5.32 Å². The van der Waals surface area contributed by atoms with Crippen LogP contribution >= 0.6 is 11.6 Å². The predicted molar refractivity (Wildman–Crippen MR) is 119 cm³/mol. The van der Waals surface area contributed by atoms with Gasteiger partial charge in [0.1, 0.15) is 0 Å². The first-order chi connectivity index (χ1) is 14.5. The molecule has 0 bridgehead atoms. The Kier molecular flexibility index (Phi) is 6.02. The van der Waals surface area contributed by atoms with Crippen molar-refractivity contribution < 1.29 is 14.7 Å². The summed E-state index contributed by atoms with van der Waals surface area (Å²) in [6.45, 7) is 0. The lowest BCUT2D eigenvalue weighted by Gasteiger charge is -2.28. The maximum absolute atomic E-state index is 13.0. The molecule has 1 saturated carbocycles. The number of hydrogen-bond donors (Lipinski definition) is 3. The third-order valence-electron chi connectivity index (χ3n) is 5.55. The van der Waals surface area contributed by atoms with E-state index in [4.69, 9.17) is 11.6 Å². The largest absolute Gasteiger partial charge is 0.391 e. The fraction of sp³-hybridized carbons (Fsp3) is 0.250. The lowest BCUT2D eigenvalue weighted by molar-refractivity contribution is 0.0718. The van der Waals surface area contributed by atoms with Crippen LogP contribution in [0.1, 0.15) is 46.4 Å². The van der Waals surface area contributed by atoms with Crippen molar-refractivity contribution in [2.45, 2.75) is 37.8 Å². The van der Waals surface area contributed by atoms with E-state index in [0.717, 1.165) is 30.0 Å². The molecule has 0 spiro atoms. The maximum atomic E-state index is 13.0. The van der Waals surface area contributed by atoms with Crippen molar-refractivity contribution in [3.63, 3.8) is 0 Å². The Hall–Kier alpha value is -2.89. The Morgan fingerprint density at radius 2 is 1.67 bits per heavy atom. The Labute approximate surface area is 180 Å². The second-order valence-corrected chi connectivity index (χ2v) is 8.04. The minimum Gasteiger partial charge on any atom is -0.391 e. The van der Waals surface area contributed by atoms with Crippen molar-refractivity contribution in [2.75, 3.05) is 5.32 Å². The van der Waals surface area contributed by atoms with Gasteiger partial charge in [0, 0.05) is 10.6 Å². The summed E-state index contributed by atoms with van der Waals surface area (Å²) in [6.07, 6.45) is 2.76. The van der Waals surface area contributed by atoms with Gasteiger partial charge >= 0.3 is 0 Å². The summed E-state index contributed by atoms with van der Waals surface area (Å²) in [5.41, 5.74) is 1.17. The minimum atomic E-state index is -0.560. The van der Waals surface area contributed by atoms with Crippen molar-refractivity contribution in [1.29, 1.82) is 0 Å². The quantitative estimate of drug-likeness (QED) is 0.566. The highest BCUT2D eigenvalue weighted by Crippen LogP contribution is 2.25. The minimum absolute atomic E-state index is 0.272. The molecule has 6 heteroatoms. The van der Waals surface area contributed by atoms with Crippen LogP contribution in [-0.2, 0) is 0 Å². The summed E-state index contributed by atoms with van der Waals surface area (Å²) >= 11 is 6.12. The van der Waals surface area contributed by atoms with Gasteiger partial charge in [-0.3, -0.25) is 9.59 Å². The van der Waals surface area contributed by atoms with E-state index < -0.39 is 6.10 Å². The second-order valence-electron chi connectivity index (χ2n) is 7.60. The average Bonchev–Trinajstić information content (AvgIpc) is 2.76. The number of aliphatic hydroxyl groups excluding tert-OH is 1. The normalized spacial score (nSPS) is 18.7. The first kappa shape index (κ1) is 20.4. The number of carbonyl (C=O) groups is 2. The van der Waals surface area contributed by atoms with Gasteiger partial charge in [-0.05, 0) is 47.9 Å². The molecule has 30 heavy (non-hydrogen) atoms. The molecule has 0 radical (unpaired) electrons. The first-order valence-corrected chi connectivity index (χ1v) is 10.5. The number of fused-ring (bicyclic) bond motifs is 1. The molecule has 1 aliphatic carbocycles. The molecule has 1 aliphatic rings. The fourth-order valence-electron chi connectivity index (χ4n) is 3.95. The first-order valence-electron chi connectivity index (χ1n) is 10.1. The van der Waals surface area contributed by atoms with E-state index in [2.05, 4.69) is 10.6 Å². The summed E-state index contributed by atoms with van der Waals surface area (Å²) in [4.78, 5) is 25.9.